The lowest BCUT2D eigenvalue weighted by Gasteiger charge is -2.34. The van der Waals surface area contributed by atoms with E-state index in [0.717, 1.165) is 5.56 Å². The molecule has 1 saturated heterocycles. The Morgan fingerprint density at radius 3 is 2.33 bits per heavy atom. The Bertz CT molecular complexity index is 904. The second kappa shape index (κ2) is 8.08. The number of hydrogen-bond donors (Lipinski definition) is 1. The zero-order chi connectivity index (χ0) is 19.4. The number of carboxylic acid groups (broad SMARTS) is 1. The molecule has 27 heavy (non-hydrogen) atoms. The average Bonchev–Trinajstić information content (AvgIpc) is 2.68. The highest BCUT2D eigenvalue weighted by atomic mass is 32.2. The van der Waals surface area contributed by atoms with Gasteiger partial charge in [-0.1, -0.05) is 12.1 Å². The van der Waals surface area contributed by atoms with Crippen molar-refractivity contribution in [2.24, 2.45) is 0 Å². The van der Waals surface area contributed by atoms with Crippen molar-refractivity contribution in [1.29, 1.82) is 0 Å². The van der Waals surface area contributed by atoms with Crippen molar-refractivity contribution in [3.05, 3.63) is 59.7 Å². The summed E-state index contributed by atoms with van der Waals surface area (Å²) in [7, 11) is -1.99. The molecule has 1 N–H and O–H groups in total. The van der Waals surface area contributed by atoms with Crippen molar-refractivity contribution < 1.29 is 23.1 Å². The molecule has 144 valence electrons. The minimum absolute atomic E-state index is 0.255. The Morgan fingerprint density at radius 1 is 1.07 bits per heavy atom. The molecule has 2 aromatic rings. The lowest BCUT2D eigenvalue weighted by molar-refractivity contribution is 0.0696. The van der Waals surface area contributed by atoms with Gasteiger partial charge in [0.1, 0.15) is 5.75 Å². The average molecular weight is 390 g/mol. The number of methoxy groups -OCH3 is 1. The summed E-state index contributed by atoms with van der Waals surface area (Å²) in [4.78, 5) is 13.5. The fraction of sp³-hybridized carbons (Fsp3) is 0.316. The summed E-state index contributed by atoms with van der Waals surface area (Å²) in [6.45, 7) is 2.57. The largest absolute Gasteiger partial charge is 0.497 e. The Kier molecular flexibility index (Phi) is 5.79. The van der Waals surface area contributed by atoms with Crippen LogP contribution in [0.4, 0.5) is 0 Å². The smallest absolute Gasteiger partial charge is 0.335 e. The van der Waals surface area contributed by atoms with Crippen LogP contribution in [0.25, 0.3) is 0 Å². The summed E-state index contributed by atoms with van der Waals surface area (Å²) in [6.07, 6.45) is 0. The highest BCUT2D eigenvalue weighted by Crippen LogP contribution is 2.21. The minimum Gasteiger partial charge on any atom is -0.497 e. The second-order valence-corrected chi connectivity index (χ2v) is 8.30. The van der Waals surface area contributed by atoms with E-state index in [1.165, 1.54) is 11.4 Å². The zero-order valence-corrected chi connectivity index (χ0v) is 15.9. The molecule has 0 saturated carbocycles. The van der Waals surface area contributed by atoms with Crippen LogP contribution >= 0.6 is 0 Å². The van der Waals surface area contributed by atoms with E-state index in [1.807, 2.05) is 6.07 Å². The number of carbonyl (C=O) groups is 1. The van der Waals surface area contributed by atoms with E-state index < -0.39 is 16.0 Å². The van der Waals surface area contributed by atoms with Crippen LogP contribution in [0.2, 0.25) is 0 Å². The van der Waals surface area contributed by atoms with E-state index in [9.17, 15) is 13.2 Å². The first-order valence-corrected chi connectivity index (χ1v) is 10.0. The maximum absolute atomic E-state index is 12.8. The highest BCUT2D eigenvalue weighted by Gasteiger charge is 2.28. The molecule has 3 rings (SSSR count). The fourth-order valence-corrected chi connectivity index (χ4v) is 4.51. The van der Waals surface area contributed by atoms with E-state index in [0.29, 0.717) is 38.5 Å². The highest BCUT2D eigenvalue weighted by molar-refractivity contribution is 7.89. The Hall–Kier alpha value is -2.42. The molecule has 0 radical (unpaired) electrons. The number of ether oxygens (including phenoxy) is 1. The van der Waals surface area contributed by atoms with Crippen LogP contribution in [0.1, 0.15) is 15.9 Å². The molecular weight excluding hydrogens is 368 g/mol. The van der Waals surface area contributed by atoms with Gasteiger partial charge in [-0.15, -0.1) is 0 Å². The molecule has 1 aliphatic heterocycles. The Morgan fingerprint density at radius 2 is 1.74 bits per heavy atom. The van der Waals surface area contributed by atoms with Gasteiger partial charge in [0.15, 0.2) is 0 Å². The number of benzene rings is 2. The summed E-state index contributed by atoms with van der Waals surface area (Å²) in [5, 5.41) is 9.09. The van der Waals surface area contributed by atoms with Crippen LogP contribution in [0.15, 0.2) is 53.4 Å². The predicted octanol–water partition coefficient (Wildman–Crippen LogP) is 1.90. The van der Waals surface area contributed by atoms with Gasteiger partial charge in [0.05, 0.1) is 17.6 Å². The standard InChI is InChI=1S/C19H22N2O5S/c1-26-17-5-7-18(8-6-17)27(24,25)21-11-9-20(10-12-21)14-15-3-2-4-16(13-15)19(22)23/h2-8,13H,9-12,14H2,1H3,(H,22,23). The van der Waals surface area contributed by atoms with Crippen LogP contribution in [0.5, 0.6) is 5.75 Å². The number of rotatable bonds is 6. The van der Waals surface area contributed by atoms with Crippen molar-refractivity contribution >= 4 is 16.0 Å². The fourth-order valence-electron chi connectivity index (χ4n) is 3.09. The quantitative estimate of drug-likeness (QED) is 0.811. The van der Waals surface area contributed by atoms with Gasteiger partial charge >= 0.3 is 5.97 Å². The number of carboxylic acids is 1. The van der Waals surface area contributed by atoms with Crippen molar-refractivity contribution in [3.8, 4) is 5.75 Å². The number of hydrogen-bond acceptors (Lipinski definition) is 5. The van der Waals surface area contributed by atoms with Crippen molar-refractivity contribution in [2.45, 2.75) is 11.4 Å². The van der Waals surface area contributed by atoms with Crippen LogP contribution in [0.3, 0.4) is 0 Å². The maximum atomic E-state index is 12.8. The third-order valence-electron chi connectivity index (χ3n) is 4.61. The van der Waals surface area contributed by atoms with Gasteiger partial charge in [0.25, 0.3) is 0 Å². The van der Waals surface area contributed by atoms with Gasteiger partial charge in [-0.25, -0.2) is 13.2 Å². The SMILES string of the molecule is COc1ccc(S(=O)(=O)N2CCN(Cc3cccc(C(=O)O)c3)CC2)cc1. The monoisotopic (exact) mass is 390 g/mol. The molecule has 8 heteroatoms. The van der Waals surface area contributed by atoms with Crippen molar-refractivity contribution in [3.63, 3.8) is 0 Å². The van der Waals surface area contributed by atoms with Gasteiger partial charge < -0.3 is 9.84 Å². The van der Waals surface area contributed by atoms with E-state index in [-0.39, 0.29) is 10.5 Å². The van der Waals surface area contributed by atoms with Crippen LogP contribution in [-0.2, 0) is 16.6 Å². The lowest BCUT2D eigenvalue weighted by atomic mass is 10.1. The molecule has 0 atom stereocenters. The first kappa shape index (κ1) is 19.3. The lowest BCUT2D eigenvalue weighted by Crippen LogP contribution is -2.48. The van der Waals surface area contributed by atoms with Gasteiger partial charge in [-0.05, 0) is 42.0 Å². The first-order chi connectivity index (χ1) is 12.9. The number of piperazine rings is 1. The number of nitrogens with zero attached hydrogens (tertiary/aromatic N) is 2. The summed E-state index contributed by atoms with van der Waals surface area (Å²) in [5.74, 6) is -0.338. The molecule has 0 bridgehead atoms. The van der Waals surface area contributed by atoms with E-state index in [4.69, 9.17) is 9.84 Å². The van der Waals surface area contributed by atoms with Crippen LogP contribution in [-0.4, -0.2) is 62.0 Å². The first-order valence-electron chi connectivity index (χ1n) is 8.59. The number of sulfonamides is 1. The van der Waals surface area contributed by atoms with E-state index in [2.05, 4.69) is 4.90 Å². The minimum atomic E-state index is -3.53. The molecule has 0 spiro atoms. The molecule has 2 aromatic carbocycles. The van der Waals surface area contributed by atoms with E-state index >= 15 is 0 Å². The maximum Gasteiger partial charge on any atom is 0.335 e. The third-order valence-corrected chi connectivity index (χ3v) is 6.52. The molecular formula is C19H22N2O5S. The molecule has 1 aliphatic rings. The predicted molar refractivity (Wildman–Crippen MR) is 100 cm³/mol. The summed E-state index contributed by atoms with van der Waals surface area (Å²) in [6, 6.07) is 13.2. The van der Waals surface area contributed by atoms with Gasteiger partial charge in [-0.2, -0.15) is 4.31 Å². The molecule has 0 amide bonds. The van der Waals surface area contributed by atoms with Crippen molar-refractivity contribution in [2.75, 3.05) is 33.3 Å². The van der Waals surface area contributed by atoms with Crippen LogP contribution < -0.4 is 4.74 Å². The Balaban J connectivity index is 1.62. The summed E-state index contributed by atoms with van der Waals surface area (Å²) < 4.78 is 32.1. The van der Waals surface area contributed by atoms with Gasteiger partial charge in [0, 0.05) is 32.7 Å². The van der Waals surface area contributed by atoms with Crippen LogP contribution in [0, 0.1) is 0 Å². The Labute approximate surface area is 158 Å². The second-order valence-electron chi connectivity index (χ2n) is 6.36. The molecule has 1 fully saturated rings. The molecule has 0 aromatic heterocycles. The van der Waals surface area contributed by atoms with Gasteiger partial charge in [-0.3, -0.25) is 4.90 Å². The molecule has 0 unspecified atom stereocenters. The third kappa shape index (κ3) is 4.47. The van der Waals surface area contributed by atoms with Crippen molar-refractivity contribution in [1.82, 2.24) is 9.21 Å². The summed E-state index contributed by atoms with van der Waals surface area (Å²) >= 11 is 0. The molecule has 0 aliphatic carbocycles. The normalized spacial score (nSPS) is 16.2. The topological polar surface area (TPSA) is 87.2 Å². The van der Waals surface area contributed by atoms with Gasteiger partial charge in [0.2, 0.25) is 10.0 Å². The zero-order valence-electron chi connectivity index (χ0n) is 15.0. The van der Waals surface area contributed by atoms with E-state index in [1.54, 1.807) is 42.5 Å². The number of aromatic carboxylic acids is 1. The molecule has 7 nitrogen and oxygen atoms in total. The molecule has 1 heterocycles. The summed E-state index contributed by atoms with van der Waals surface area (Å²) in [5.41, 5.74) is 1.16.